The molecule has 1 fully saturated rings. The molecule has 7 nitrogen and oxygen atoms in total. The Labute approximate surface area is 200 Å². The predicted octanol–water partition coefficient (Wildman–Crippen LogP) is 3.58. The fourth-order valence-electron chi connectivity index (χ4n) is 5.58. The number of hydrogen-bond donors (Lipinski definition) is 1. The lowest BCUT2D eigenvalue weighted by molar-refractivity contribution is -0.136. The number of ether oxygens (including phenoxy) is 1. The average molecular weight is 462 g/mol. The number of amides is 3. The highest BCUT2D eigenvalue weighted by Gasteiger charge is 2.53. The molecule has 3 aliphatic rings. The maximum absolute atomic E-state index is 14.0. The van der Waals surface area contributed by atoms with Gasteiger partial charge in [-0.25, -0.2) is 0 Å². The Kier molecular flexibility index (Phi) is 5.19. The molecule has 7 heteroatoms. The van der Waals surface area contributed by atoms with Gasteiger partial charge in [-0.3, -0.25) is 14.4 Å². The number of methoxy groups -OCH3 is 1. The average Bonchev–Trinajstić information content (AvgIpc) is 3.47. The van der Waals surface area contributed by atoms with E-state index in [1.54, 1.807) is 23.0 Å². The first-order chi connectivity index (χ1) is 16.1. The van der Waals surface area contributed by atoms with Crippen LogP contribution in [0.3, 0.4) is 0 Å². The summed E-state index contributed by atoms with van der Waals surface area (Å²) in [5.41, 5.74) is 2.39. The molecule has 1 saturated heterocycles. The molecule has 0 aliphatic carbocycles. The van der Waals surface area contributed by atoms with Gasteiger partial charge in [0.15, 0.2) is 0 Å². The van der Waals surface area contributed by atoms with Gasteiger partial charge >= 0.3 is 0 Å². The van der Waals surface area contributed by atoms with E-state index in [1.807, 2.05) is 36.4 Å². The molecule has 0 radical (unpaired) electrons. The maximum Gasteiger partial charge on any atom is 0.255 e. The van der Waals surface area contributed by atoms with Gasteiger partial charge in [0.2, 0.25) is 11.8 Å². The van der Waals surface area contributed by atoms with Gasteiger partial charge < -0.3 is 19.9 Å². The van der Waals surface area contributed by atoms with Crippen molar-refractivity contribution in [1.82, 2.24) is 9.80 Å². The number of carbonyl (C=O) groups is 3. The van der Waals surface area contributed by atoms with Crippen molar-refractivity contribution in [3.63, 3.8) is 0 Å². The third-order valence-electron chi connectivity index (χ3n) is 7.32. The standard InChI is InChI=1S/C27H31N3O4/c1-26(2,3)14-22(30-15-17-9-10-18(34-4)13-19(17)23(30)31)24(32)29-12-11-27(16-29)20-7-5-6-8-21(20)28-25(27)33/h5-10,13,22H,11-12,14-16H2,1-4H3,(H,28,33)/t22-,27-/m0/s1. The maximum atomic E-state index is 14.0. The van der Waals surface area contributed by atoms with Crippen LogP contribution in [0.4, 0.5) is 5.69 Å². The van der Waals surface area contributed by atoms with Gasteiger partial charge in [0.05, 0.1) is 12.5 Å². The van der Waals surface area contributed by atoms with E-state index in [0.29, 0.717) is 43.8 Å². The van der Waals surface area contributed by atoms with Crippen LogP contribution in [0, 0.1) is 5.41 Å². The smallest absolute Gasteiger partial charge is 0.255 e. The molecule has 178 valence electrons. The second kappa shape index (κ2) is 7.86. The molecule has 0 unspecified atom stereocenters. The Hall–Kier alpha value is -3.35. The van der Waals surface area contributed by atoms with Crippen molar-refractivity contribution in [2.24, 2.45) is 5.41 Å². The van der Waals surface area contributed by atoms with E-state index < -0.39 is 11.5 Å². The number of carbonyl (C=O) groups excluding carboxylic acids is 3. The number of hydrogen-bond acceptors (Lipinski definition) is 4. The molecule has 1 N–H and O–H groups in total. The summed E-state index contributed by atoms with van der Waals surface area (Å²) in [6.07, 6.45) is 1.12. The summed E-state index contributed by atoms with van der Waals surface area (Å²) >= 11 is 0. The Balaban J connectivity index is 1.43. The van der Waals surface area contributed by atoms with E-state index in [0.717, 1.165) is 16.8 Å². The first-order valence-electron chi connectivity index (χ1n) is 11.8. The zero-order chi connectivity index (χ0) is 24.3. The molecule has 1 spiro atoms. The van der Waals surface area contributed by atoms with Gasteiger partial charge in [0, 0.05) is 30.9 Å². The zero-order valence-corrected chi connectivity index (χ0v) is 20.2. The van der Waals surface area contributed by atoms with Crippen LogP contribution in [0.25, 0.3) is 0 Å². The van der Waals surface area contributed by atoms with E-state index >= 15 is 0 Å². The van der Waals surface area contributed by atoms with Crippen molar-refractivity contribution in [2.75, 3.05) is 25.5 Å². The quantitative estimate of drug-likeness (QED) is 0.755. The summed E-state index contributed by atoms with van der Waals surface area (Å²) in [4.78, 5) is 43.9. The Morgan fingerprint density at radius 3 is 2.68 bits per heavy atom. The van der Waals surface area contributed by atoms with Crippen LogP contribution >= 0.6 is 0 Å². The van der Waals surface area contributed by atoms with Crippen molar-refractivity contribution >= 4 is 23.4 Å². The summed E-state index contributed by atoms with van der Waals surface area (Å²) in [7, 11) is 1.57. The summed E-state index contributed by atoms with van der Waals surface area (Å²) in [5.74, 6) is 0.347. The van der Waals surface area contributed by atoms with Crippen molar-refractivity contribution in [3.8, 4) is 5.75 Å². The second-order valence-electron chi connectivity index (χ2n) is 10.8. The highest BCUT2D eigenvalue weighted by molar-refractivity contribution is 6.07. The van der Waals surface area contributed by atoms with Gasteiger partial charge in [-0.15, -0.1) is 0 Å². The molecule has 2 aromatic rings. The first-order valence-corrected chi connectivity index (χ1v) is 11.8. The zero-order valence-electron chi connectivity index (χ0n) is 20.2. The van der Waals surface area contributed by atoms with Crippen molar-refractivity contribution in [1.29, 1.82) is 0 Å². The van der Waals surface area contributed by atoms with E-state index in [9.17, 15) is 14.4 Å². The molecular weight excluding hydrogens is 430 g/mol. The topological polar surface area (TPSA) is 79.0 Å². The van der Waals surface area contributed by atoms with Crippen molar-refractivity contribution in [2.45, 2.75) is 51.6 Å². The molecule has 0 bridgehead atoms. The van der Waals surface area contributed by atoms with Crippen molar-refractivity contribution in [3.05, 3.63) is 59.2 Å². The molecule has 0 aromatic heterocycles. The summed E-state index contributed by atoms with van der Waals surface area (Å²) in [6, 6.07) is 12.6. The van der Waals surface area contributed by atoms with Crippen LogP contribution in [0.5, 0.6) is 5.75 Å². The fraction of sp³-hybridized carbons (Fsp3) is 0.444. The van der Waals surface area contributed by atoms with Crippen LogP contribution in [-0.4, -0.2) is 53.8 Å². The van der Waals surface area contributed by atoms with Crippen LogP contribution < -0.4 is 10.1 Å². The van der Waals surface area contributed by atoms with Crippen LogP contribution in [-0.2, 0) is 21.5 Å². The van der Waals surface area contributed by atoms with E-state index in [1.165, 1.54) is 0 Å². The Morgan fingerprint density at radius 2 is 1.94 bits per heavy atom. The van der Waals surface area contributed by atoms with Crippen molar-refractivity contribution < 1.29 is 19.1 Å². The summed E-state index contributed by atoms with van der Waals surface area (Å²) in [5, 5.41) is 2.99. The largest absolute Gasteiger partial charge is 0.497 e. The monoisotopic (exact) mass is 461 g/mol. The first kappa shape index (κ1) is 22.4. The number of nitrogens with zero attached hydrogens (tertiary/aromatic N) is 2. The predicted molar refractivity (Wildman–Crippen MR) is 129 cm³/mol. The number of anilines is 1. The minimum absolute atomic E-state index is 0.0480. The highest BCUT2D eigenvalue weighted by Crippen LogP contribution is 2.44. The molecule has 3 amide bonds. The lowest BCUT2D eigenvalue weighted by Crippen LogP contribution is -2.50. The fourth-order valence-corrected chi connectivity index (χ4v) is 5.58. The molecule has 2 aromatic carbocycles. The van der Waals surface area contributed by atoms with Gasteiger partial charge in [0.25, 0.3) is 5.91 Å². The Bertz CT molecular complexity index is 1180. The van der Waals surface area contributed by atoms with Gasteiger partial charge in [-0.1, -0.05) is 45.0 Å². The third kappa shape index (κ3) is 3.54. The second-order valence-corrected chi connectivity index (χ2v) is 10.8. The number of para-hydroxylation sites is 1. The molecule has 5 rings (SSSR count). The third-order valence-corrected chi connectivity index (χ3v) is 7.32. The Morgan fingerprint density at radius 1 is 1.18 bits per heavy atom. The van der Waals surface area contributed by atoms with Gasteiger partial charge in [0.1, 0.15) is 11.8 Å². The number of likely N-dealkylation sites (tertiary alicyclic amines) is 1. The SMILES string of the molecule is COc1ccc2c(c1)C(=O)N([C@@H](CC(C)(C)C)C(=O)N1CC[C@@]3(C1)C(=O)Nc1ccccc13)C2. The molecular formula is C27H31N3O4. The van der Waals surface area contributed by atoms with Crippen LogP contribution in [0.15, 0.2) is 42.5 Å². The van der Waals surface area contributed by atoms with Crippen LogP contribution in [0.1, 0.15) is 55.1 Å². The van der Waals surface area contributed by atoms with Gasteiger partial charge in [-0.2, -0.15) is 0 Å². The lowest BCUT2D eigenvalue weighted by atomic mass is 9.81. The molecule has 3 aliphatic heterocycles. The minimum atomic E-state index is -0.718. The van der Waals surface area contributed by atoms with E-state index in [-0.39, 0.29) is 23.1 Å². The summed E-state index contributed by atoms with van der Waals surface area (Å²) in [6.45, 7) is 7.46. The van der Waals surface area contributed by atoms with Crippen LogP contribution in [0.2, 0.25) is 0 Å². The number of fused-ring (bicyclic) bond motifs is 3. The van der Waals surface area contributed by atoms with E-state index in [4.69, 9.17) is 4.74 Å². The minimum Gasteiger partial charge on any atom is -0.497 e. The summed E-state index contributed by atoms with van der Waals surface area (Å²) < 4.78 is 5.30. The highest BCUT2D eigenvalue weighted by atomic mass is 16.5. The lowest BCUT2D eigenvalue weighted by Gasteiger charge is -2.35. The molecule has 34 heavy (non-hydrogen) atoms. The number of rotatable bonds is 4. The number of nitrogens with one attached hydrogen (secondary N) is 1. The molecule has 3 heterocycles. The normalized spacial score (nSPS) is 22.1. The molecule has 2 atom stereocenters. The number of benzene rings is 2. The van der Waals surface area contributed by atoms with Gasteiger partial charge in [-0.05, 0) is 47.6 Å². The molecule has 0 saturated carbocycles. The van der Waals surface area contributed by atoms with E-state index in [2.05, 4.69) is 26.1 Å².